The van der Waals surface area contributed by atoms with Gasteiger partial charge in [0.05, 0.1) is 13.0 Å². The zero-order chi connectivity index (χ0) is 14.3. The fourth-order valence-electron chi connectivity index (χ4n) is 2.72. The van der Waals surface area contributed by atoms with E-state index in [1.54, 1.807) is 0 Å². The highest BCUT2D eigenvalue weighted by Crippen LogP contribution is 2.16. The van der Waals surface area contributed by atoms with E-state index in [1.807, 2.05) is 6.92 Å². The van der Waals surface area contributed by atoms with Crippen LogP contribution in [0.25, 0.3) is 0 Å². The molecule has 0 bridgehead atoms. The molecule has 1 N–H and O–H groups in total. The number of carbonyl (C=O) groups is 1. The molecule has 1 saturated heterocycles. The number of carbonyl (C=O) groups excluding carboxylic acids is 1. The van der Waals surface area contributed by atoms with E-state index in [-0.39, 0.29) is 17.9 Å². The van der Waals surface area contributed by atoms with E-state index in [9.17, 15) is 4.79 Å². The standard InChI is InChI=1S/C15H30N2O2/c1-5-6-10-17(11-14-8-7-9-16-14)13(3)12(2)15(18)19-4/h12-14,16H,5-11H2,1-4H3. The van der Waals surface area contributed by atoms with Crippen LogP contribution < -0.4 is 5.32 Å². The van der Waals surface area contributed by atoms with Crippen LogP contribution >= 0.6 is 0 Å². The van der Waals surface area contributed by atoms with Crippen LogP contribution in [-0.4, -0.2) is 49.7 Å². The minimum absolute atomic E-state index is 0.0664. The van der Waals surface area contributed by atoms with Crippen molar-refractivity contribution in [2.45, 2.75) is 58.5 Å². The van der Waals surface area contributed by atoms with Crippen LogP contribution in [0.2, 0.25) is 0 Å². The van der Waals surface area contributed by atoms with Gasteiger partial charge in [0.1, 0.15) is 0 Å². The van der Waals surface area contributed by atoms with Crippen molar-refractivity contribution < 1.29 is 9.53 Å². The number of nitrogens with one attached hydrogen (secondary N) is 1. The van der Waals surface area contributed by atoms with Crippen molar-refractivity contribution in [3.8, 4) is 0 Å². The number of methoxy groups -OCH3 is 1. The first kappa shape index (κ1) is 16.4. The van der Waals surface area contributed by atoms with Gasteiger partial charge >= 0.3 is 5.97 Å². The van der Waals surface area contributed by atoms with Gasteiger partial charge in [0, 0.05) is 18.6 Å². The van der Waals surface area contributed by atoms with Gasteiger partial charge in [0.25, 0.3) is 0 Å². The fourth-order valence-corrected chi connectivity index (χ4v) is 2.72. The predicted molar refractivity (Wildman–Crippen MR) is 78.1 cm³/mol. The molecule has 1 fully saturated rings. The lowest BCUT2D eigenvalue weighted by Gasteiger charge is -2.34. The van der Waals surface area contributed by atoms with Crippen LogP contribution in [0.1, 0.15) is 46.5 Å². The fraction of sp³-hybridized carbons (Fsp3) is 0.933. The molecule has 0 saturated carbocycles. The first-order chi connectivity index (χ1) is 9.10. The number of esters is 1. The summed E-state index contributed by atoms with van der Waals surface area (Å²) >= 11 is 0. The van der Waals surface area contributed by atoms with Crippen molar-refractivity contribution in [2.24, 2.45) is 5.92 Å². The predicted octanol–water partition coefficient (Wildman–Crippen LogP) is 2.04. The van der Waals surface area contributed by atoms with E-state index in [1.165, 1.54) is 32.8 Å². The highest BCUT2D eigenvalue weighted by atomic mass is 16.5. The van der Waals surface area contributed by atoms with E-state index in [4.69, 9.17) is 4.74 Å². The van der Waals surface area contributed by atoms with Crippen LogP contribution in [-0.2, 0) is 9.53 Å². The quantitative estimate of drug-likeness (QED) is 0.685. The molecular formula is C15H30N2O2. The second-order valence-electron chi connectivity index (χ2n) is 5.69. The molecule has 0 amide bonds. The van der Waals surface area contributed by atoms with Crippen LogP contribution in [0.4, 0.5) is 0 Å². The molecule has 3 atom stereocenters. The Morgan fingerprint density at radius 1 is 1.47 bits per heavy atom. The maximum absolute atomic E-state index is 11.7. The maximum Gasteiger partial charge on any atom is 0.309 e. The molecule has 4 heteroatoms. The zero-order valence-corrected chi connectivity index (χ0v) is 12.9. The van der Waals surface area contributed by atoms with Gasteiger partial charge in [-0.25, -0.2) is 0 Å². The van der Waals surface area contributed by atoms with Crippen LogP contribution in [0.5, 0.6) is 0 Å². The molecule has 1 rings (SSSR count). The minimum atomic E-state index is -0.103. The number of hydrogen-bond donors (Lipinski definition) is 1. The van der Waals surface area contributed by atoms with Gasteiger partial charge in [-0.15, -0.1) is 0 Å². The van der Waals surface area contributed by atoms with Crippen molar-refractivity contribution in [3.05, 3.63) is 0 Å². The second-order valence-corrected chi connectivity index (χ2v) is 5.69. The summed E-state index contributed by atoms with van der Waals surface area (Å²) in [6.07, 6.45) is 4.90. The maximum atomic E-state index is 11.7. The Morgan fingerprint density at radius 3 is 2.74 bits per heavy atom. The number of rotatable bonds is 8. The smallest absolute Gasteiger partial charge is 0.309 e. The summed E-state index contributed by atoms with van der Waals surface area (Å²) in [5.74, 6) is -0.170. The van der Waals surface area contributed by atoms with Gasteiger partial charge in [0.2, 0.25) is 0 Å². The molecule has 19 heavy (non-hydrogen) atoms. The van der Waals surface area contributed by atoms with E-state index in [0.29, 0.717) is 6.04 Å². The molecule has 0 spiro atoms. The third kappa shape index (κ3) is 5.11. The summed E-state index contributed by atoms with van der Waals surface area (Å²) < 4.78 is 4.88. The number of unbranched alkanes of at least 4 members (excludes halogenated alkanes) is 1. The second kappa shape index (κ2) is 8.54. The number of hydrogen-bond acceptors (Lipinski definition) is 4. The van der Waals surface area contributed by atoms with Crippen LogP contribution in [0.15, 0.2) is 0 Å². The Morgan fingerprint density at radius 2 is 2.21 bits per heavy atom. The van der Waals surface area contributed by atoms with Gasteiger partial charge in [0.15, 0.2) is 0 Å². The summed E-state index contributed by atoms with van der Waals surface area (Å²) in [6.45, 7) is 9.57. The van der Waals surface area contributed by atoms with E-state index in [2.05, 4.69) is 24.1 Å². The Balaban J connectivity index is 2.57. The first-order valence-corrected chi connectivity index (χ1v) is 7.65. The lowest BCUT2D eigenvalue weighted by molar-refractivity contribution is -0.147. The van der Waals surface area contributed by atoms with Gasteiger partial charge in [-0.05, 0) is 39.3 Å². The highest BCUT2D eigenvalue weighted by molar-refractivity contribution is 5.72. The average molecular weight is 270 g/mol. The topological polar surface area (TPSA) is 41.6 Å². The Labute approximate surface area is 117 Å². The summed E-state index contributed by atoms with van der Waals surface area (Å²) in [5.41, 5.74) is 0. The molecule has 1 aliphatic rings. The summed E-state index contributed by atoms with van der Waals surface area (Å²) in [7, 11) is 1.47. The van der Waals surface area contributed by atoms with Gasteiger partial charge < -0.3 is 10.1 Å². The van der Waals surface area contributed by atoms with Crippen molar-refractivity contribution >= 4 is 5.97 Å². The summed E-state index contributed by atoms with van der Waals surface area (Å²) in [5, 5.41) is 3.54. The third-order valence-electron chi connectivity index (χ3n) is 4.29. The molecular weight excluding hydrogens is 240 g/mol. The van der Waals surface area contributed by atoms with Crippen molar-refractivity contribution in [1.29, 1.82) is 0 Å². The van der Waals surface area contributed by atoms with E-state index >= 15 is 0 Å². The van der Waals surface area contributed by atoms with Gasteiger partial charge in [-0.1, -0.05) is 20.3 Å². The van der Waals surface area contributed by atoms with E-state index in [0.717, 1.165) is 19.6 Å². The molecule has 0 aromatic rings. The van der Waals surface area contributed by atoms with Gasteiger partial charge in [-0.2, -0.15) is 0 Å². The monoisotopic (exact) mass is 270 g/mol. The van der Waals surface area contributed by atoms with Crippen molar-refractivity contribution in [2.75, 3.05) is 26.7 Å². The highest BCUT2D eigenvalue weighted by Gasteiger charge is 2.28. The molecule has 0 radical (unpaired) electrons. The first-order valence-electron chi connectivity index (χ1n) is 7.65. The van der Waals surface area contributed by atoms with Crippen molar-refractivity contribution in [1.82, 2.24) is 10.2 Å². The lowest BCUT2D eigenvalue weighted by atomic mass is 10.0. The molecule has 1 aliphatic heterocycles. The Kier molecular flexibility index (Phi) is 7.39. The number of ether oxygens (including phenoxy) is 1. The summed E-state index contributed by atoms with van der Waals surface area (Å²) in [6, 6.07) is 0.825. The van der Waals surface area contributed by atoms with Crippen molar-refractivity contribution in [3.63, 3.8) is 0 Å². The average Bonchev–Trinajstić information content (AvgIpc) is 2.93. The normalized spacial score (nSPS) is 22.5. The number of nitrogens with zero attached hydrogens (tertiary/aromatic N) is 1. The summed E-state index contributed by atoms with van der Waals surface area (Å²) in [4.78, 5) is 14.2. The molecule has 4 nitrogen and oxygen atoms in total. The molecule has 0 aromatic heterocycles. The SMILES string of the molecule is CCCCN(CC1CCCN1)C(C)C(C)C(=O)OC. The molecule has 1 heterocycles. The molecule has 3 unspecified atom stereocenters. The molecule has 0 aromatic carbocycles. The Bertz CT molecular complexity index is 265. The largest absolute Gasteiger partial charge is 0.469 e. The van der Waals surface area contributed by atoms with Crippen LogP contribution in [0, 0.1) is 5.92 Å². The molecule has 112 valence electrons. The van der Waals surface area contributed by atoms with Crippen LogP contribution in [0.3, 0.4) is 0 Å². The lowest BCUT2D eigenvalue weighted by Crippen LogP contribution is -2.46. The molecule has 0 aliphatic carbocycles. The third-order valence-corrected chi connectivity index (χ3v) is 4.29. The van der Waals surface area contributed by atoms with E-state index < -0.39 is 0 Å². The zero-order valence-electron chi connectivity index (χ0n) is 12.9. The Hall–Kier alpha value is -0.610. The minimum Gasteiger partial charge on any atom is -0.469 e. The van der Waals surface area contributed by atoms with Gasteiger partial charge in [-0.3, -0.25) is 9.69 Å².